The van der Waals surface area contributed by atoms with Gasteiger partial charge < -0.3 is 10.1 Å². The molecule has 92 valence electrons. The summed E-state index contributed by atoms with van der Waals surface area (Å²) in [4.78, 5) is 3.27. The van der Waals surface area contributed by atoms with E-state index >= 15 is 0 Å². The van der Waals surface area contributed by atoms with Crippen LogP contribution in [0.2, 0.25) is 0 Å². The number of aromatic amines is 1. The summed E-state index contributed by atoms with van der Waals surface area (Å²) in [6.45, 7) is 0. The molecule has 0 saturated heterocycles. The van der Waals surface area contributed by atoms with E-state index in [9.17, 15) is 4.57 Å². The highest BCUT2D eigenvalue weighted by Crippen LogP contribution is 2.35. The summed E-state index contributed by atoms with van der Waals surface area (Å²) in [7, 11) is -3.31. The Bertz CT molecular complexity index is 774. The SMILES string of the molecule is NP(N)(=O)Nc1cccc2c1[nH]c1ccccc12. The summed E-state index contributed by atoms with van der Waals surface area (Å²) in [6, 6.07) is 13.6. The molecule has 6 N–H and O–H groups in total. The van der Waals surface area contributed by atoms with Gasteiger partial charge in [-0.05, 0) is 12.1 Å². The van der Waals surface area contributed by atoms with Crippen LogP contribution in [0.4, 0.5) is 5.69 Å². The monoisotopic (exact) mass is 260 g/mol. The Morgan fingerprint density at radius 1 is 1.00 bits per heavy atom. The van der Waals surface area contributed by atoms with Crippen LogP contribution in [-0.4, -0.2) is 4.98 Å². The molecule has 3 rings (SSSR count). The molecule has 0 atom stereocenters. The molecule has 0 saturated carbocycles. The quantitative estimate of drug-likeness (QED) is 0.532. The van der Waals surface area contributed by atoms with Crippen LogP contribution in [0.25, 0.3) is 21.8 Å². The largest absolute Gasteiger partial charge is 0.353 e. The van der Waals surface area contributed by atoms with Crippen LogP contribution >= 0.6 is 7.59 Å². The number of benzene rings is 2. The third kappa shape index (κ3) is 1.88. The van der Waals surface area contributed by atoms with Gasteiger partial charge in [0.1, 0.15) is 0 Å². The van der Waals surface area contributed by atoms with Crippen molar-refractivity contribution in [2.24, 2.45) is 11.0 Å². The molecule has 0 spiro atoms. The Morgan fingerprint density at radius 2 is 1.72 bits per heavy atom. The minimum Gasteiger partial charge on any atom is -0.353 e. The van der Waals surface area contributed by atoms with Crippen molar-refractivity contribution >= 4 is 35.1 Å². The predicted octanol–water partition coefficient (Wildman–Crippen LogP) is 2.76. The summed E-state index contributed by atoms with van der Waals surface area (Å²) >= 11 is 0. The lowest BCUT2D eigenvalue weighted by molar-refractivity contribution is 0.580. The molecule has 0 radical (unpaired) electrons. The molecule has 0 fully saturated rings. The first kappa shape index (κ1) is 11.3. The normalized spacial score (nSPS) is 12.1. The van der Waals surface area contributed by atoms with Gasteiger partial charge >= 0.3 is 0 Å². The number of H-pyrrole nitrogens is 1. The molecular formula is C12H13N4OP. The maximum atomic E-state index is 11.5. The first-order chi connectivity index (χ1) is 8.54. The maximum absolute atomic E-state index is 11.5. The van der Waals surface area contributed by atoms with E-state index in [-0.39, 0.29) is 0 Å². The van der Waals surface area contributed by atoms with E-state index in [1.165, 1.54) is 0 Å². The molecule has 0 bridgehead atoms. The minimum atomic E-state index is -3.31. The highest BCUT2D eigenvalue weighted by molar-refractivity contribution is 7.60. The van der Waals surface area contributed by atoms with Crippen LogP contribution in [0.3, 0.4) is 0 Å². The van der Waals surface area contributed by atoms with Crippen molar-refractivity contribution in [3.8, 4) is 0 Å². The average Bonchev–Trinajstić information content (AvgIpc) is 2.67. The second-order valence-electron chi connectivity index (χ2n) is 4.22. The van der Waals surface area contributed by atoms with Crippen molar-refractivity contribution in [2.75, 3.05) is 5.09 Å². The number of nitrogens with two attached hydrogens (primary N) is 2. The molecule has 6 heteroatoms. The second-order valence-corrected chi connectivity index (χ2v) is 5.86. The molecule has 0 aliphatic heterocycles. The van der Waals surface area contributed by atoms with E-state index in [4.69, 9.17) is 11.0 Å². The number of nitrogens with one attached hydrogen (secondary N) is 2. The molecule has 18 heavy (non-hydrogen) atoms. The zero-order chi connectivity index (χ0) is 12.8. The van der Waals surface area contributed by atoms with E-state index in [0.29, 0.717) is 5.69 Å². The first-order valence-corrected chi connectivity index (χ1v) is 7.34. The van der Waals surface area contributed by atoms with Crippen molar-refractivity contribution in [3.05, 3.63) is 42.5 Å². The average molecular weight is 260 g/mol. The molecule has 0 aliphatic rings. The standard InChI is InChI=1S/C12H13N4OP/c13-18(14,17)16-11-7-3-5-9-8-4-1-2-6-10(8)15-12(9)11/h1-7,15H,(H5,13,14,16,17). The molecular weight excluding hydrogens is 247 g/mol. The highest BCUT2D eigenvalue weighted by Gasteiger charge is 2.12. The fraction of sp³-hybridized carbons (Fsp3) is 0. The second kappa shape index (κ2) is 3.85. The Hall–Kier alpha value is -1.81. The van der Waals surface area contributed by atoms with Gasteiger partial charge in [-0.2, -0.15) is 0 Å². The molecule has 1 heterocycles. The number of anilines is 1. The summed E-state index contributed by atoms with van der Waals surface area (Å²) in [5.74, 6) is 0. The number of rotatable bonds is 2. The van der Waals surface area contributed by atoms with Crippen LogP contribution in [0, 0.1) is 0 Å². The molecule has 0 aliphatic carbocycles. The third-order valence-corrected chi connectivity index (χ3v) is 3.43. The van der Waals surface area contributed by atoms with Crippen LogP contribution in [-0.2, 0) is 4.57 Å². The van der Waals surface area contributed by atoms with Gasteiger partial charge in [-0.25, -0.2) is 0 Å². The third-order valence-electron chi connectivity index (χ3n) is 2.84. The van der Waals surface area contributed by atoms with Crippen molar-refractivity contribution in [1.29, 1.82) is 0 Å². The highest BCUT2D eigenvalue weighted by atomic mass is 31.2. The summed E-state index contributed by atoms with van der Waals surface area (Å²) < 4.78 is 11.5. The zero-order valence-electron chi connectivity index (χ0n) is 9.55. The lowest BCUT2D eigenvalue weighted by Gasteiger charge is -2.10. The predicted molar refractivity (Wildman–Crippen MR) is 75.4 cm³/mol. The van der Waals surface area contributed by atoms with Gasteiger partial charge in [-0.3, -0.25) is 15.6 Å². The van der Waals surface area contributed by atoms with Crippen molar-refractivity contribution in [1.82, 2.24) is 4.98 Å². The van der Waals surface area contributed by atoms with E-state index in [1.54, 1.807) is 6.07 Å². The summed E-state index contributed by atoms with van der Waals surface area (Å²) in [5, 5.41) is 4.82. The lowest BCUT2D eigenvalue weighted by atomic mass is 10.1. The lowest BCUT2D eigenvalue weighted by Crippen LogP contribution is -2.13. The summed E-state index contributed by atoms with van der Waals surface area (Å²) in [5.41, 5.74) is 13.2. The maximum Gasteiger partial charge on any atom is 0.298 e. The van der Waals surface area contributed by atoms with Crippen molar-refractivity contribution < 1.29 is 4.57 Å². The number of hydrogen-bond donors (Lipinski definition) is 4. The molecule has 0 amide bonds. The van der Waals surface area contributed by atoms with Crippen LogP contribution in [0.1, 0.15) is 0 Å². The molecule has 1 aromatic heterocycles. The van der Waals surface area contributed by atoms with E-state index in [2.05, 4.69) is 10.1 Å². The van der Waals surface area contributed by atoms with Gasteiger partial charge in [0, 0.05) is 16.3 Å². The van der Waals surface area contributed by atoms with Gasteiger partial charge in [0.05, 0.1) is 11.2 Å². The Labute approximate surface area is 104 Å². The molecule has 0 unspecified atom stereocenters. The topological polar surface area (TPSA) is 96.9 Å². The van der Waals surface area contributed by atoms with Gasteiger partial charge in [0.2, 0.25) is 0 Å². The van der Waals surface area contributed by atoms with E-state index < -0.39 is 7.59 Å². The van der Waals surface area contributed by atoms with Gasteiger partial charge in [-0.1, -0.05) is 30.3 Å². The number of fused-ring (bicyclic) bond motifs is 3. The van der Waals surface area contributed by atoms with Crippen LogP contribution in [0.15, 0.2) is 42.5 Å². The smallest absolute Gasteiger partial charge is 0.298 e. The Balaban J connectivity index is 2.31. The zero-order valence-corrected chi connectivity index (χ0v) is 10.4. The number of hydrogen-bond acceptors (Lipinski definition) is 1. The number of para-hydroxylation sites is 2. The first-order valence-electron chi connectivity index (χ1n) is 5.49. The Kier molecular flexibility index (Phi) is 2.41. The van der Waals surface area contributed by atoms with Gasteiger partial charge in [0.15, 0.2) is 0 Å². The molecule has 5 nitrogen and oxygen atoms in total. The van der Waals surface area contributed by atoms with E-state index in [0.717, 1.165) is 21.8 Å². The van der Waals surface area contributed by atoms with E-state index in [1.807, 2.05) is 36.4 Å². The van der Waals surface area contributed by atoms with Crippen molar-refractivity contribution in [3.63, 3.8) is 0 Å². The summed E-state index contributed by atoms with van der Waals surface area (Å²) in [6.07, 6.45) is 0. The van der Waals surface area contributed by atoms with Crippen LogP contribution < -0.4 is 16.1 Å². The number of aromatic nitrogens is 1. The molecule has 3 aromatic rings. The fourth-order valence-electron chi connectivity index (χ4n) is 2.15. The van der Waals surface area contributed by atoms with Crippen molar-refractivity contribution in [2.45, 2.75) is 0 Å². The van der Waals surface area contributed by atoms with Crippen LogP contribution in [0.5, 0.6) is 0 Å². The molecule has 2 aromatic carbocycles. The van der Waals surface area contributed by atoms with Gasteiger partial charge in [-0.15, -0.1) is 0 Å². The van der Waals surface area contributed by atoms with Gasteiger partial charge in [0.25, 0.3) is 7.59 Å². The fourth-order valence-corrected chi connectivity index (χ4v) is 2.72. The minimum absolute atomic E-state index is 0.650. The Morgan fingerprint density at radius 3 is 2.50 bits per heavy atom.